The largest absolute Gasteiger partial charge is 0.463 e. The molecule has 0 saturated carbocycles. The molecule has 1 aromatic carbocycles. The third-order valence-corrected chi connectivity index (χ3v) is 4.04. The highest BCUT2D eigenvalue weighted by atomic mass is 16.7. The monoisotopic (exact) mass is 350 g/mol. The zero-order chi connectivity index (χ0) is 18.6. The number of carbonyl (C=O) groups is 1. The van der Waals surface area contributed by atoms with Crippen LogP contribution in [-0.4, -0.2) is 49.8 Å². The van der Waals surface area contributed by atoms with Crippen molar-refractivity contribution in [1.29, 1.82) is 0 Å². The van der Waals surface area contributed by atoms with Crippen LogP contribution in [0.4, 0.5) is 0 Å². The Kier molecular flexibility index (Phi) is 5.84. The minimum Gasteiger partial charge on any atom is -0.463 e. The molecule has 2 rings (SSSR count). The third-order valence-electron chi connectivity index (χ3n) is 4.04. The number of nitrogens with zero attached hydrogens (tertiary/aromatic N) is 2. The summed E-state index contributed by atoms with van der Waals surface area (Å²) in [6.45, 7) is 3.31. The van der Waals surface area contributed by atoms with Crippen molar-refractivity contribution < 1.29 is 23.9 Å². The predicted octanol–water partition coefficient (Wildman–Crippen LogP) is 2.17. The van der Waals surface area contributed by atoms with E-state index in [-0.39, 0.29) is 19.0 Å². The summed E-state index contributed by atoms with van der Waals surface area (Å²) >= 11 is 0. The van der Waals surface area contributed by atoms with Crippen LogP contribution in [0, 0.1) is 10.1 Å². The number of benzene rings is 1. The van der Waals surface area contributed by atoms with Crippen LogP contribution >= 0.6 is 0 Å². The summed E-state index contributed by atoms with van der Waals surface area (Å²) in [7, 11) is 3.55. The van der Waals surface area contributed by atoms with Gasteiger partial charge >= 0.3 is 5.97 Å². The Hall–Kier alpha value is -2.77. The molecule has 0 radical (unpaired) electrons. The average Bonchev–Trinajstić information content (AvgIpc) is 3.01. The van der Waals surface area contributed by atoms with Gasteiger partial charge in [-0.2, -0.15) is 0 Å². The molecule has 0 N–H and O–H groups in total. The first-order valence-electron chi connectivity index (χ1n) is 7.91. The number of carbonyl (C=O) groups excluding carboxylic acids is 1. The van der Waals surface area contributed by atoms with Gasteiger partial charge in [-0.25, -0.2) is 4.79 Å². The van der Waals surface area contributed by atoms with Crippen molar-refractivity contribution in [1.82, 2.24) is 4.90 Å². The third kappa shape index (κ3) is 4.20. The van der Waals surface area contributed by atoms with Gasteiger partial charge in [-0.1, -0.05) is 6.07 Å². The molecule has 1 aromatic rings. The van der Waals surface area contributed by atoms with Gasteiger partial charge in [0, 0.05) is 24.7 Å². The zero-order valence-electron chi connectivity index (χ0n) is 14.8. The van der Waals surface area contributed by atoms with E-state index in [1.807, 2.05) is 0 Å². The second kappa shape index (κ2) is 7.87. The van der Waals surface area contributed by atoms with Crippen LogP contribution < -0.4 is 9.47 Å². The standard InChI is InChI=1S/C17H22N2O6/c1-5-23-17(20)16(11(2)18(3)4)13(9-19(21)22)12-6-7-14-15(8-12)25-10-24-14/h6-8,13H,5,9-10H2,1-4H3/b16-11-. The molecule has 0 aliphatic carbocycles. The molecule has 0 aromatic heterocycles. The fraction of sp³-hybridized carbons (Fsp3) is 0.471. The van der Waals surface area contributed by atoms with E-state index < -0.39 is 23.4 Å². The van der Waals surface area contributed by atoms with Crippen molar-refractivity contribution in [2.24, 2.45) is 0 Å². The van der Waals surface area contributed by atoms with Crippen LogP contribution in [0.3, 0.4) is 0 Å². The molecule has 25 heavy (non-hydrogen) atoms. The lowest BCUT2D eigenvalue weighted by Crippen LogP contribution is -2.26. The number of fused-ring (bicyclic) bond motifs is 1. The quantitative estimate of drug-likeness (QED) is 0.322. The smallest absolute Gasteiger partial charge is 0.336 e. The lowest BCUT2D eigenvalue weighted by molar-refractivity contribution is -0.481. The van der Waals surface area contributed by atoms with Crippen LogP contribution in [-0.2, 0) is 9.53 Å². The van der Waals surface area contributed by atoms with Crippen molar-refractivity contribution in [3.05, 3.63) is 45.1 Å². The zero-order valence-corrected chi connectivity index (χ0v) is 14.8. The van der Waals surface area contributed by atoms with Crippen molar-refractivity contribution >= 4 is 5.97 Å². The molecule has 0 fully saturated rings. The van der Waals surface area contributed by atoms with E-state index >= 15 is 0 Å². The molecule has 136 valence electrons. The lowest BCUT2D eigenvalue weighted by Gasteiger charge is -2.23. The van der Waals surface area contributed by atoms with Crippen molar-refractivity contribution in [2.45, 2.75) is 19.8 Å². The molecule has 1 aliphatic rings. The number of hydrogen-bond acceptors (Lipinski definition) is 7. The second-order valence-corrected chi connectivity index (χ2v) is 5.79. The van der Waals surface area contributed by atoms with Crippen LogP contribution in [0.5, 0.6) is 11.5 Å². The van der Waals surface area contributed by atoms with Gasteiger partial charge in [-0.05, 0) is 31.5 Å². The van der Waals surface area contributed by atoms with Crippen LogP contribution in [0.25, 0.3) is 0 Å². The average molecular weight is 350 g/mol. The number of allylic oxidation sites excluding steroid dienone is 1. The van der Waals surface area contributed by atoms with Gasteiger partial charge in [0.25, 0.3) is 0 Å². The molecule has 8 heteroatoms. The molecule has 0 saturated heterocycles. The van der Waals surface area contributed by atoms with Crippen LogP contribution in [0.1, 0.15) is 25.3 Å². The Morgan fingerprint density at radius 3 is 2.64 bits per heavy atom. The van der Waals surface area contributed by atoms with Crippen LogP contribution in [0.2, 0.25) is 0 Å². The van der Waals surface area contributed by atoms with Gasteiger partial charge in [0.1, 0.15) is 0 Å². The molecule has 8 nitrogen and oxygen atoms in total. The summed E-state index contributed by atoms with van der Waals surface area (Å²) in [6.07, 6.45) is 0. The highest BCUT2D eigenvalue weighted by Crippen LogP contribution is 2.37. The summed E-state index contributed by atoms with van der Waals surface area (Å²) in [5.41, 5.74) is 1.48. The number of rotatable bonds is 7. The molecular formula is C17H22N2O6. The molecule has 1 atom stereocenters. The Morgan fingerprint density at radius 1 is 1.36 bits per heavy atom. The van der Waals surface area contributed by atoms with Gasteiger partial charge in [0.2, 0.25) is 13.3 Å². The minimum atomic E-state index is -0.758. The molecule has 0 spiro atoms. The maximum absolute atomic E-state index is 12.5. The van der Waals surface area contributed by atoms with Crippen molar-refractivity contribution in [3.8, 4) is 11.5 Å². The maximum atomic E-state index is 12.5. The lowest BCUT2D eigenvalue weighted by atomic mass is 9.89. The van der Waals surface area contributed by atoms with E-state index in [1.165, 1.54) is 0 Å². The summed E-state index contributed by atoms with van der Waals surface area (Å²) in [5, 5.41) is 11.3. The fourth-order valence-electron chi connectivity index (χ4n) is 2.63. The molecule has 0 amide bonds. The SMILES string of the molecule is CCOC(=O)/C(=C(/C)N(C)C)C(C[N+](=O)[O-])c1ccc2c(c1)OCO2. The number of nitro groups is 1. The number of esters is 1. The van der Waals surface area contributed by atoms with E-state index in [4.69, 9.17) is 14.2 Å². The summed E-state index contributed by atoms with van der Waals surface area (Å²) in [4.78, 5) is 25.1. The van der Waals surface area contributed by atoms with Crippen molar-refractivity contribution in [2.75, 3.05) is 34.0 Å². The number of hydrogen-bond donors (Lipinski definition) is 0. The van der Waals surface area contributed by atoms with Gasteiger partial charge < -0.3 is 19.1 Å². The molecular weight excluding hydrogens is 328 g/mol. The maximum Gasteiger partial charge on any atom is 0.336 e. The van der Waals surface area contributed by atoms with Crippen molar-refractivity contribution in [3.63, 3.8) is 0 Å². The predicted molar refractivity (Wildman–Crippen MR) is 90.2 cm³/mol. The fourth-order valence-corrected chi connectivity index (χ4v) is 2.63. The highest BCUT2D eigenvalue weighted by Gasteiger charge is 2.32. The summed E-state index contributed by atoms with van der Waals surface area (Å²) in [6, 6.07) is 5.08. The van der Waals surface area contributed by atoms with Gasteiger partial charge in [-0.15, -0.1) is 0 Å². The summed E-state index contributed by atoms with van der Waals surface area (Å²) in [5.74, 6) is -0.227. The van der Waals surface area contributed by atoms with Gasteiger partial charge in [0.15, 0.2) is 11.5 Å². The Labute approximate surface area is 146 Å². The highest BCUT2D eigenvalue weighted by molar-refractivity contribution is 5.91. The van der Waals surface area contributed by atoms with E-state index in [1.54, 1.807) is 51.0 Å². The topological polar surface area (TPSA) is 91.1 Å². The Bertz CT molecular complexity index is 698. The van der Waals surface area contributed by atoms with Gasteiger partial charge in [0.05, 0.1) is 18.1 Å². The minimum absolute atomic E-state index is 0.107. The Morgan fingerprint density at radius 2 is 2.04 bits per heavy atom. The van der Waals surface area contributed by atoms with Crippen LogP contribution in [0.15, 0.2) is 29.5 Å². The normalized spacial score (nSPS) is 14.6. The van der Waals surface area contributed by atoms with E-state index in [0.717, 1.165) is 0 Å². The first-order valence-corrected chi connectivity index (χ1v) is 7.91. The van der Waals surface area contributed by atoms with E-state index in [2.05, 4.69) is 0 Å². The number of ether oxygens (including phenoxy) is 3. The van der Waals surface area contributed by atoms with E-state index in [0.29, 0.717) is 22.8 Å². The first kappa shape index (κ1) is 18.6. The molecule has 1 heterocycles. The van der Waals surface area contributed by atoms with E-state index in [9.17, 15) is 14.9 Å². The molecule has 1 unspecified atom stereocenters. The Balaban J connectivity index is 2.54. The van der Waals surface area contributed by atoms with Gasteiger partial charge in [-0.3, -0.25) is 10.1 Å². The first-order chi connectivity index (χ1) is 11.8. The summed E-state index contributed by atoms with van der Waals surface area (Å²) < 4.78 is 15.8. The molecule has 0 bridgehead atoms. The second-order valence-electron chi connectivity index (χ2n) is 5.79. The molecule has 1 aliphatic heterocycles.